The van der Waals surface area contributed by atoms with Gasteiger partial charge in [-0.25, -0.2) is 0 Å². The van der Waals surface area contributed by atoms with Gasteiger partial charge in [-0.1, -0.05) is 50.2 Å². The van der Waals surface area contributed by atoms with E-state index in [1.807, 2.05) is 56.3 Å². The number of rotatable bonds is 7. The van der Waals surface area contributed by atoms with Gasteiger partial charge >= 0.3 is 0 Å². The maximum absolute atomic E-state index is 12.7. The first-order chi connectivity index (χ1) is 12.4. The van der Waals surface area contributed by atoms with Crippen LogP contribution < -0.4 is 11.1 Å². The predicted molar refractivity (Wildman–Crippen MR) is 101 cm³/mol. The molecule has 1 unspecified atom stereocenters. The second kappa shape index (κ2) is 8.82. The van der Waals surface area contributed by atoms with Crippen molar-refractivity contribution in [3.8, 4) is 17.2 Å². The Labute approximate surface area is 153 Å². The summed E-state index contributed by atoms with van der Waals surface area (Å²) in [6.07, 6.45) is 0.597. The van der Waals surface area contributed by atoms with Gasteiger partial charge in [-0.2, -0.15) is 5.26 Å². The quantitative estimate of drug-likeness (QED) is 0.751. The highest BCUT2D eigenvalue weighted by Crippen LogP contribution is 2.34. The van der Waals surface area contributed by atoms with E-state index in [4.69, 9.17) is 11.0 Å². The molecule has 26 heavy (non-hydrogen) atoms. The zero-order valence-electron chi connectivity index (χ0n) is 15.0. The van der Waals surface area contributed by atoms with Gasteiger partial charge in [0.1, 0.15) is 6.54 Å². The van der Waals surface area contributed by atoms with Gasteiger partial charge in [0.15, 0.2) is 0 Å². The van der Waals surface area contributed by atoms with Crippen LogP contribution in [-0.2, 0) is 4.79 Å². The number of hydrogen-bond acceptors (Lipinski definition) is 3. The van der Waals surface area contributed by atoms with Crippen molar-refractivity contribution in [1.82, 2.24) is 5.32 Å². The summed E-state index contributed by atoms with van der Waals surface area (Å²) in [6, 6.07) is 16.8. The maximum atomic E-state index is 12.7. The van der Waals surface area contributed by atoms with Crippen LogP contribution in [0.2, 0.25) is 0 Å². The number of benzene rings is 2. The van der Waals surface area contributed by atoms with Crippen molar-refractivity contribution >= 4 is 11.8 Å². The van der Waals surface area contributed by atoms with Crippen molar-refractivity contribution in [2.75, 3.05) is 6.54 Å². The van der Waals surface area contributed by atoms with Crippen molar-refractivity contribution in [2.45, 2.75) is 26.2 Å². The second-order valence-electron chi connectivity index (χ2n) is 6.59. The molecule has 0 aliphatic heterocycles. The molecular formula is C21H23N3O2. The van der Waals surface area contributed by atoms with E-state index >= 15 is 0 Å². The lowest BCUT2D eigenvalue weighted by Gasteiger charge is -2.22. The van der Waals surface area contributed by atoms with Crippen LogP contribution in [0.4, 0.5) is 0 Å². The lowest BCUT2D eigenvalue weighted by molar-refractivity contribution is -0.122. The standard InChI is InChI=1S/C21H23N3O2/c1-14(2)12-19(21(26)24-11-10-22)18-13-16(20(23)25)8-9-17(18)15-6-4-3-5-7-15/h3-9,13-14,19H,11-12H2,1-2H3,(H2,23,25)(H,24,26). The Balaban J connectivity index is 2.59. The molecule has 134 valence electrons. The van der Waals surface area contributed by atoms with Crippen molar-refractivity contribution in [3.05, 3.63) is 59.7 Å². The Morgan fingerprint density at radius 2 is 1.85 bits per heavy atom. The molecule has 5 nitrogen and oxygen atoms in total. The van der Waals surface area contributed by atoms with Crippen LogP contribution in [-0.4, -0.2) is 18.4 Å². The number of hydrogen-bond donors (Lipinski definition) is 2. The van der Waals surface area contributed by atoms with Gasteiger partial charge in [0.05, 0.1) is 12.0 Å². The normalized spacial score (nSPS) is 11.6. The molecule has 0 bridgehead atoms. The van der Waals surface area contributed by atoms with Gasteiger partial charge in [-0.05, 0) is 41.2 Å². The van der Waals surface area contributed by atoms with E-state index in [1.54, 1.807) is 12.1 Å². The van der Waals surface area contributed by atoms with E-state index in [9.17, 15) is 9.59 Å². The topological polar surface area (TPSA) is 96.0 Å². The van der Waals surface area contributed by atoms with E-state index in [-0.39, 0.29) is 18.4 Å². The molecule has 0 spiro atoms. The van der Waals surface area contributed by atoms with Crippen LogP contribution in [0.3, 0.4) is 0 Å². The summed E-state index contributed by atoms with van der Waals surface area (Å²) in [5, 5.41) is 11.4. The van der Waals surface area contributed by atoms with Crippen molar-refractivity contribution < 1.29 is 9.59 Å². The Bertz CT molecular complexity index is 823. The first kappa shape index (κ1) is 19.2. The number of carbonyl (C=O) groups is 2. The van der Waals surface area contributed by atoms with Crippen LogP contribution in [0.1, 0.15) is 42.1 Å². The first-order valence-electron chi connectivity index (χ1n) is 8.57. The van der Waals surface area contributed by atoms with E-state index < -0.39 is 11.8 Å². The average molecular weight is 349 g/mol. The molecule has 0 aromatic heterocycles. The number of nitrogens with two attached hydrogens (primary N) is 1. The van der Waals surface area contributed by atoms with Crippen molar-refractivity contribution in [2.24, 2.45) is 11.7 Å². The minimum Gasteiger partial charge on any atom is -0.366 e. The monoisotopic (exact) mass is 349 g/mol. The molecule has 2 amide bonds. The Hall–Kier alpha value is -3.13. The summed E-state index contributed by atoms with van der Waals surface area (Å²) < 4.78 is 0. The Morgan fingerprint density at radius 3 is 2.42 bits per heavy atom. The molecule has 0 saturated heterocycles. The largest absolute Gasteiger partial charge is 0.366 e. The van der Waals surface area contributed by atoms with E-state index in [2.05, 4.69) is 5.32 Å². The number of nitriles is 1. The molecular weight excluding hydrogens is 326 g/mol. The number of amides is 2. The van der Waals surface area contributed by atoms with Gasteiger partial charge in [-0.15, -0.1) is 0 Å². The van der Waals surface area contributed by atoms with E-state index in [0.717, 1.165) is 16.7 Å². The molecule has 2 aromatic rings. The highest BCUT2D eigenvalue weighted by atomic mass is 16.2. The number of primary amides is 1. The summed E-state index contributed by atoms with van der Waals surface area (Å²) in [6.45, 7) is 4.01. The van der Waals surface area contributed by atoms with E-state index in [1.165, 1.54) is 0 Å². The van der Waals surface area contributed by atoms with Gasteiger partial charge in [0.25, 0.3) is 0 Å². The Kier molecular flexibility index (Phi) is 6.51. The number of nitrogens with one attached hydrogen (secondary N) is 1. The fourth-order valence-electron chi connectivity index (χ4n) is 2.98. The van der Waals surface area contributed by atoms with Crippen LogP contribution in [0.5, 0.6) is 0 Å². The van der Waals surface area contributed by atoms with Gasteiger partial charge in [-0.3, -0.25) is 9.59 Å². The molecule has 5 heteroatoms. The minimum atomic E-state index is -0.536. The molecule has 0 heterocycles. The van der Waals surface area contributed by atoms with Crippen LogP contribution in [0.15, 0.2) is 48.5 Å². The molecule has 3 N–H and O–H groups in total. The molecule has 2 aromatic carbocycles. The smallest absolute Gasteiger partial charge is 0.248 e. The highest BCUT2D eigenvalue weighted by Gasteiger charge is 2.25. The lowest BCUT2D eigenvalue weighted by Crippen LogP contribution is -2.31. The zero-order valence-corrected chi connectivity index (χ0v) is 15.0. The third-order valence-corrected chi connectivity index (χ3v) is 4.16. The SMILES string of the molecule is CC(C)CC(C(=O)NCC#N)c1cc(C(N)=O)ccc1-c1ccccc1. The van der Waals surface area contributed by atoms with Crippen molar-refractivity contribution in [3.63, 3.8) is 0 Å². The fraction of sp³-hybridized carbons (Fsp3) is 0.286. The average Bonchev–Trinajstić information content (AvgIpc) is 2.64. The lowest BCUT2D eigenvalue weighted by atomic mass is 9.83. The molecule has 0 saturated carbocycles. The maximum Gasteiger partial charge on any atom is 0.248 e. The minimum absolute atomic E-state index is 0.0520. The summed E-state index contributed by atoms with van der Waals surface area (Å²) in [5.41, 5.74) is 8.40. The molecule has 0 fully saturated rings. The van der Waals surface area contributed by atoms with Crippen LogP contribution >= 0.6 is 0 Å². The first-order valence-corrected chi connectivity index (χ1v) is 8.57. The highest BCUT2D eigenvalue weighted by molar-refractivity contribution is 5.95. The summed E-state index contributed by atoms with van der Waals surface area (Å²) in [5.74, 6) is -0.975. The molecule has 0 aliphatic rings. The van der Waals surface area contributed by atoms with E-state index in [0.29, 0.717) is 12.0 Å². The molecule has 1 atom stereocenters. The summed E-state index contributed by atoms with van der Waals surface area (Å²) in [4.78, 5) is 24.4. The van der Waals surface area contributed by atoms with Gasteiger partial charge in [0, 0.05) is 5.56 Å². The molecule has 0 radical (unpaired) electrons. The zero-order chi connectivity index (χ0) is 19.1. The third-order valence-electron chi connectivity index (χ3n) is 4.16. The van der Waals surface area contributed by atoms with Gasteiger partial charge < -0.3 is 11.1 Å². The van der Waals surface area contributed by atoms with Crippen LogP contribution in [0, 0.1) is 17.2 Å². The third kappa shape index (κ3) is 4.70. The predicted octanol–water partition coefficient (Wildman–Crippen LogP) is 3.22. The second-order valence-corrected chi connectivity index (χ2v) is 6.59. The summed E-state index contributed by atoms with van der Waals surface area (Å²) >= 11 is 0. The molecule has 0 aliphatic carbocycles. The fourth-order valence-corrected chi connectivity index (χ4v) is 2.98. The number of nitrogens with zero attached hydrogens (tertiary/aromatic N) is 1. The summed E-state index contributed by atoms with van der Waals surface area (Å²) in [7, 11) is 0. The molecule has 2 rings (SSSR count). The van der Waals surface area contributed by atoms with Crippen molar-refractivity contribution in [1.29, 1.82) is 5.26 Å². The number of carbonyl (C=O) groups excluding carboxylic acids is 2. The van der Waals surface area contributed by atoms with Crippen LogP contribution in [0.25, 0.3) is 11.1 Å². The van der Waals surface area contributed by atoms with Gasteiger partial charge in [0.2, 0.25) is 11.8 Å². The Morgan fingerprint density at radius 1 is 1.15 bits per heavy atom.